The van der Waals surface area contributed by atoms with E-state index in [0.29, 0.717) is 13.0 Å². The van der Waals surface area contributed by atoms with Crippen LogP contribution >= 0.6 is 0 Å². The van der Waals surface area contributed by atoms with E-state index in [1.165, 1.54) is 11.1 Å². The van der Waals surface area contributed by atoms with Gasteiger partial charge in [-0.25, -0.2) is 0 Å². The zero-order valence-electron chi connectivity index (χ0n) is 17.4. The standard InChI is InChI=1S/C27H25NO2/c1-17-11-13-18(14-12-17)22-16-28(2)27(26(22)15-5-10-23(26)29)21-9-4-7-19-6-3-8-20(24(19)21)25(27)30/h3-4,6-9,11-14,22H,5,10,15-16H2,1-2H3. The topological polar surface area (TPSA) is 37.4 Å². The van der Waals surface area contributed by atoms with Gasteiger partial charge in [-0.05, 0) is 48.7 Å². The Kier molecular flexibility index (Phi) is 3.54. The molecular formula is C27H25NO2. The summed E-state index contributed by atoms with van der Waals surface area (Å²) < 4.78 is 0. The van der Waals surface area contributed by atoms with Crippen molar-refractivity contribution in [3.63, 3.8) is 0 Å². The van der Waals surface area contributed by atoms with Gasteiger partial charge in [0, 0.05) is 24.4 Å². The Bertz CT molecular complexity index is 1220. The molecule has 3 atom stereocenters. The van der Waals surface area contributed by atoms with E-state index in [4.69, 9.17) is 0 Å². The van der Waals surface area contributed by atoms with Crippen molar-refractivity contribution in [3.8, 4) is 0 Å². The van der Waals surface area contributed by atoms with Crippen LogP contribution in [0.2, 0.25) is 0 Å². The third-order valence-corrected chi connectivity index (χ3v) is 8.09. The number of carbonyl (C=O) groups excluding carboxylic acids is 2. The minimum Gasteiger partial charge on any atom is -0.299 e. The van der Waals surface area contributed by atoms with E-state index < -0.39 is 11.0 Å². The third kappa shape index (κ3) is 1.86. The minimum atomic E-state index is -0.903. The number of likely N-dealkylation sites (N-methyl/N-ethyl adjacent to an activating group) is 1. The summed E-state index contributed by atoms with van der Waals surface area (Å²) in [6.45, 7) is 2.80. The van der Waals surface area contributed by atoms with Gasteiger partial charge in [0.05, 0.1) is 5.41 Å². The highest BCUT2D eigenvalue weighted by Crippen LogP contribution is 2.67. The van der Waals surface area contributed by atoms with Gasteiger partial charge in [-0.1, -0.05) is 66.2 Å². The molecule has 1 saturated carbocycles. The first-order valence-electron chi connectivity index (χ1n) is 10.9. The lowest BCUT2D eigenvalue weighted by Gasteiger charge is -2.44. The van der Waals surface area contributed by atoms with E-state index in [0.717, 1.165) is 34.7 Å². The molecule has 0 amide bonds. The largest absolute Gasteiger partial charge is 0.299 e. The fourth-order valence-corrected chi connectivity index (χ4v) is 6.96. The normalized spacial score (nSPS) is 30.4. The van der Waals surface area contributed by atoms with Gasteiger partial charge in [-0.3, -0.25) is 14.5 Å². The summed E-state index contributed by atoms with van der Waals surface area (Å²) in [6, 6.07) is 20.8. The number of aryl methyl sites for hydroxylation is 1. The molecular weight excluding hydrogens is 370 g/mol. The average molecular weight is 396 g/mol. The lowest BCUT2D eigenvalue weighted by atomic mass is 9.59. The Morgan fingerprint density at radius 1 is 0.967 bits per heavy atom. The maximum Gasteiger partial charge on any atom is 0.189 e. The number of hydrogen-bond acceptors (Lipinski definition) is 3. The second kappa shape index (κ2) is 5.89. The van der Waals surface area contributed by atoms with E-state index in [-0.39, 0.29) is 17.5 Å². The average Bonchev–Trinajstić information content (AvgIpc) is 3.35. The van der Waals surface area contributed by atoms with Crippen molar-refractivity contribution >= 4 is 22.3 Å². The summed E-state index contributed by atoms with van der Waals surface area (Å²) in [5, 5.41) is 2.13. The van der Waals surface area contributed by atoms with Crippen LogP contribution in [0.25, 0.3) is 10.8 Å². The van der Waals surface area contributed by atoms with Crippen LogP contribution in [0.15, 0.2) is 60.7 Å². The molecule has 0 bridgehead atoms. The summed E-state index contributed by atoms with van der Waals surface area (Å²) in [5.74, 6) is 0.392. The molecule has 2 spiro atoms. The number of fused-ring (bicyclic) bond motifs is 2. The van der Waals surface area contributed by atoms with Gasteiger partial charge in [-0.2, -0.15) is 0 Å². The smallest absolute Gasteiger partial charge is 0.189 e. The summed E-state index contributed by atoms with van der Waals surface area (Å²) in [6.07, 6.45) is 2.19. The first-order chi connectivity index (χ1) is 14.5. The first kappa shape index (κ1) is 18.0. The maximum absolute atomic E-state index is 14.3. The van der Waals surface area contributed by atoms with E-state index in [9.17, 15) is 9.59 Å². The quantitative estimate of drug-likeness (QED) is 0.581. The highest BCUT2D eigenvalue weighted by Gasteiger charge is 2.73. The molecule has 3 heteroatoms. The van der Waals surface area contributed by atoms with Crippen molar-refractivity contribution < 1.29 is 9.59 Å². The third-order valence-electron chi connectivity index (χ3n) is 8.09. The Balaban J connectivity index is 1.68. The fraction of sp³-hybridized carbons (Fsp3) is 0.333. The van der Waals surface area contributed by atoms with Gasteiger partial charge in [0.15, 0.2) is 5.78 Å². The molecule has 1 aliphatic heterocycles. The molecule has 6 rings (SSSR count). The summed E-state index contributed by atoms with van der Waals surface area (Å²) in [7, 11) is 2.05. The van der Waals surface area contributed by atoms with Crippen LogP contribution in [-0.2, 0) is 10.3 Å². The maximum atomic E-state index is 14.3. The molecule has 1 heterocycles. The monoisotopic (exact) mass is 395 g/mol. The lowest BCUT2D eigenvalue weighted by Crippen LogP contribution is -2.56. The van der Waals surface area contributed by atoms with E-state index in [2.05, 4.69) is 54.3 Å². The van der Waals surface area contributed by atoms with Crippen molar-refractivity contribution in [1.29, 1.82) is 0 Å². The SMILES string of the molecule is Cc1ccc(C2CN(C)C3(C(=O)c4cccc5cccc3c45)C23CCCC3=O)cc1. The van der Waals surface area contributed by atoms with Crippen LogP contribution in [0.5, 0.6) is 0 Å². The number of carbonyl (C=O) groups is 2. The van der Waals surface area contributed by atoms with E-state index >= 15 is 0 Å². The van der Waals surface area contributed by atoms with Crippen molar-refractivity contribution in [1.82, 2.24) is 4.90 Å². The first-order valence-corrected chi connectivity index (χ1v) is 10.9. The highest BCUT2D eigenvalue weighted by atomic mass is 16.1. The van der Waals surface area contributed by atoms with Gasteiger partial charge in [-0.15, -0.1) is 0 Å². The Morgan fingerprint density at radius 2 is 1.70 bits per heavy atom. The summed E-state index contributed by atoms with van der Waals surface area (Å²) in [4.78, 5) is 30.3. The van der Waals surface area contributed by atoms with Gasteiger partial charge >= 0.3 is 0 Å². The van der Waals surface area contributed by atoms with Gasteiger partial charge in [0.25, 0.3) is 0 Å². The zero-order valence-corrected chi connectivity index (χ0v) is 17.4. The summed E-state index contributed by atoms with van der Waals surface area (Å²) in [5.41, 5.74) is 2.59. The summed E-state index contributed by atoms with van der Waals surface area (Å²) >= 11 is 0. The Morgan fingerprint density at radius 3 is 2.40 bits per heavy atom. The number of nitrogens with zero attached hydrogens (tertiary/aromatic N) is 1. The Labute approximate surface area is 176 Å². The van der Waals surface area contributed by atoms with Crippen molar-refractivity contribution in [2.75, 3.05) is 13.6 Å². The molecule has 3 nitrogen and oxygen atoms in total. The van der Waals surface area contributed by atoms with E-state index in [1.54, 1.807) is 0 Å². The van der Waals surface area contributed by atoms with Crippen LogP contribution in [-0.4, -0.2) is 30.1 Å². The van der Waals surface area contributed by atoms with Crippen molar-refractivity contribution in [2.45, 2.75) is 37.6 Å². The second-order valence-electron chi connectivity index (χ2n) is 9.34. The number of benzene rings is 3. The molecule has 3 aliphatic rings. The Hall–Kier alpha value is -2.78. The van der Waals surface area contributed by atoms with Crippen LogP contribution in [0, 0.1) is 12.3 Å². The van der Waals surface area contributed by atoms with E-state index in [1.807, 2.05) is 25.2 Å². The molecule has 2 aliphatic carbocycles. The highest BCUT2D eigenvalue weighted by molar-refractivity contribution is 6.22. The fourth-order valence-electron chi connectivity index (χ4n) is 6.96. The van der Waals surface area contributed by atoms with Crippen molar-refractivity contribution in [2.24, 2.45) is 5.41 Å². The van der Waals surface area contributed by atoms with Gasteiger partial charge in [0.1, 0.15) is 11.3 Å². The molecule has 0 N–H and O–H groups in total. The zero-order chi connectivity index (χ0) is 20.7. The molecule has 30 heavy (non-hydrogen) atoms. The number of hydrogen-bond donors (Lipinski definition) is 0. The van der Waals surface area contributed by atoms with Gasteiger partial charge < -0.3 is 0 Å². The molecule has 3 aromatic carbocycles. The molecule has 3 unspecified atom stereocenters. The molecule has 2 fully saturated rings. The lowest BCUT2D eigenvalue weighted by molar-refractivity contribution is -0.130. The molecule has 150 valence electrons. The molecule has 1 saturated heterocycles. The second-order valence-corrected chi connectivity index (χ2v) is 9.34. The van der Waals surface area contributed by atoms with Crippen LogP contribution in [0.1, 0.15) is 52.2 Å². The van der Waals surface area contributed by atoms with Crippen LogP contribution in [0.3, 0.4) is 0 Å². The number of ketones is 2. The van der Waals surface area contributed by atoms with Crippen LogP contribution < -0.4 is 0 Å². The molecule has 3 aromatic rings. The molecule has 0 radical (unpaired) electrons. The number of rotatable bonds is 1. The predicted octanol–water partition coefficient (Wildman–Crippen LogP) is 5.01. The van der Waals surface area contributed by atoms with Crippen molar-refractivity contribution in [3.05, 3.63) is 82.9 Å². The van der Waals surface area contributed by atoms with Crippen LogP contribution in [0.4, 0.5) is 0 Å². The molecule has 0 aromatic heterocycles. The minimum absolute atomic E-state index is 0.0200. The predicted molar refractivity (Wildman–Crippen MR) is 118 cm³/mol. The number of likely N-dealkylation sites (tertiary alicyclic amines) is 1. The number of Topliss-reactive ketones (excluding diaryl/α,β-unsaturated/α-hetero) is 2. The van der Waals surface area contributed by atoms with Gasteiger partial charge in [0.2, 0.25) is 0 Å².